The number of pyridine rings is 1. The van der Waals surface area contributed by atoms with Crippen molar-refractivity contribution in [3.8, 4) is 5.75 Å². The third-order valence-electron chi connectivity index (χ3n) is 4.79. The fourth-order valence-corrected chi connectivity index (χ4v) is 2.39. The number of hydrogen-bond acceptors (Lipinski definition) is 4. The smallest absolute Gasteiger partial charge is 0.489 e. The van der Waals surface area contributed by atoms with E-state index in [0.29, 0.717) is 12.0 Å². The predicted molar refractivity (Wildman–Crippen MR) is 87.7 cm³/mol. The van der Waals surface area contributed by atoms with Gasteiger partial charge in [0.15, 0.2) is 0 Å². The number of nitrogens with zero attached hydrogens (tertiary/aromatic N) is 1. The van der Waals surface area contributed by atoms with Crippen LogP contribution in [0.15, 0.2) is 12.1 Å². The number of hydrogen-bond donors (Lipinski definition) is 0. The van der Waals surface area contributed by atoms with E-state index < -0.39 is 7.12 Å². The van der Waals surface area contributed by atoms with E-state index in [-0.39, 0.29) is 11.2 Å². The van der Waals surface area contributed by atoms with Crippen LogP contribution < -0.4 is 10.3 Å². The van der Waals surface area contributed by atoms with Crippen LogP contribution in [0, 0.1) is 0 Å². The number of aromatic nitrogens is 1. The maximum absolute atomic E-state index is 6.16. The Hall–Kier alpha value is -1.07. The van der Waals surface area contributed by atoms with Crippen molar-refractivity contribution in [1.29, 1.82) is 0 Å². The zero-order chi connectivity index (χ0) is 16.1. The van der Waals surface area contributed by atoms with Gasteiger partial charge in [0, 0.05) is 5.69 Å². The molecule has 4 nitrogen and oxygen atoms in total. The van der Waals surface area contributed by atoms with E-state index in [1.54, 1.807) is 0 Å². The first-order valence-corrected chi connectivity index (χ1v) is 8.23. The van der Waals surface area contributed by atoms with E-state index in [2.05, 4.69) is 41.5 Å². The fraction of sp³-hybridized carbons (Fsp3) is 0.706. The summed E-state index contributed by atoms with van der Waals surface area (Å²) in [6.45, 7) is 12.5. The lowest BCUT2D eigenvalue weighted by molar-refractivity contribution is 0.00578. The summed E-state index contributed by atoms with van der Waals surface area (Å²) >= 11 is 0. The Kier molecular flexibility index (Phi) is 3.77. The molecule has 120 valence electrons. The molecule has 1 aromatic rings. The number of rotatable bonds is 4. The van der Waals surface area contributed by atoms with Crippen molar-refractivity contribution in [2.45, 2.75) is 77.6 Å². The molecule has 0 bridgehead atoms. The van der Waals surface area contributed by atoms with Crippen LogP contribution in [0.2, 0.25) is 0 Å². The van der Waals surface area contributed by atoms with Gasteiger partial charge in [0.1, 0.15) is 11.3 Å². The summed E-state index contributed by atoms with van der Waals surface area (Å²) in [4.78, 5) is 4.79. The van der Waals surface area contributed by atoms with Crippen LogP contribution in [0.1, 0.15) is 66.0 Å². The molecule has 5 heteroatoms. The van der Waals surface area contributed by atoms with Crippen molar-refractivity contribution >= 4 is 12.7 Å². The lowest BCUT2D eigenvalue weighted by Crippen LogP contribution is -2.41. The molecule has 2 heterocycles. The molecule has 1 saturated carbocycles. The van der Waals surface area contributed by atoms with E-state index >= 15 is 0 Å². The minimum atomic E-state index is -0.475. The molecule has 2 aliphatic rings. The molecule has 0 atom stereocenters. The summed E-state index contributed by atoms with van der Waals surface area (Å²) in [5.74, 6) is 1.15. The van der Waals surface area contributed by atoms with Crippen LogP contribution in [0.5, 0.6) is 5.75 Å². The predicted octanol–water partition coefficient (Wildman–Crippen LogP) is 3.05. The average molecular weight is 303 g/mol. The highest BCUT2D eigenvalue weighted by molar-refractivity contribution is 6.62. The Balaban J connectivity index is 1.95. The Morgan fingerprint density at radius 1 is 1.14 bits per heavy atom. The quantitative estimate of drug-likeness (QED) is 0.802. The zero-order valence-corrected chi connectivity index (χ0v) is 14.5. The van der Waals surface area contributed by atoms with Gasteiger partial charge < -0.3 is 14.0 Å². The minimum Gasteiger partial charge on any atom is -0.489 e. The first-order chi connectivity index (χ1) is 10.2. The molecule has 22 heavy (non-hydrogen) atoms. The lowest BCUT2D eigenvalue weighted by atomic mass is 9.83. The van der Waals surface area contributed by atoms with Crippen molar-refractivity contribution in [1.82, 2.24) is 4.98 Å². The van der Waals surface area contributed by atoms with Crippen molar-refractivity contribution in [2.75, 3.05) is 0 Å². The van der Waals surface area contributed by atoms with Crippen LogP contribution in [-0.4, -0.2) is 29.4 Å². The first-order valence-electron chi connectivity index (χ1n) is 8.23. The highest BCUT2D eigenvalue weighted by Crippen LogP contribution is 2.37. The van der Waals surface area contributed by atoms with Crippen LogP contribution in [0.4, 0.5) is 0 Å². The molecule has 1 aliphatic heterocycles. The normalized spacial score (nSPS) is 23.1. The number of ether oxygens (including phenoxy) is 1. The molecular formula is C17H26BNO3. The maximum Gasteiger partial charge on any atom is 0.518 e. The van der Waals surface area contributed by atoms with Gasteiger partial charge in [0.25, 0.3) is 0 Å². The fourth-order valence-electron chi connectivity index (χ4n) is 2.39. The Morgan fingerprint density at radius 2 is 1.73 bits per heavy atom. The topological polar surface area (TPSA) is 40.6 Å². The van der Waals surface area contributed by atoms with Gasteiger partial charge in [-0.15, -0.1) is 0 Å². The molecule has 0 aromatic carbocycles. The maximum atomic E-state index is 6.16. The lowest BCUT2D eigenvalue weighted by Gasteiger charge is -2.32. The van der Waals surface area contributed by atoms with Crippen molar-refractivity contribution in [2.24, 2.45) is 0 Å². The van der Waals surface area contributed by atoms with Gasteiger partial charge in [-0.2, -0.15) is 0 Å². The molecule has 1 saturated heterocycles. The van der Waals surface area contributed by atoms with Crippen LogP contribution in [-0.2, 0) is 9.31 Å². The Bertz CT molecular complexity index is 551. The third kappa shape index (κ3) is 2.89. The standard InChI is InChI=1S/C17H26BNO3/c1-11(2)13-9-10-14(20-12-7-8-12)15(19-13)18-21-16(3,4)17(5,6)22-18/h9-12H,7-8H2,1-6H3. The van der Waals surface area contributed by atoms with E-state index in [9.17, 15) is 0 Å². The molecule has 0 N–H and O–H groups in total. The highest BCUT2D eigenvalue weighted by Gasteiger charge is 2.53. The molecule has 1 aliphatic carbocycles. The molecule has 3 rings (SSSR count). The molecule has 0 unspecified atom stereocenters. The summed E-state index contributed by atoms with van der Waals surface area (Å²) in [7, 11) is -0.475. The summed E-state index contributed by atoms with van der Waals surface area (Å²) < 4.78 is 18.3. The van der Waals surface area contributed by atoms with Crippen molar-refractivity contribution in [3.05, 3.63) is 17.8 Å². The zero-order valence-electron chi connectivity index (χ0n) is 14.5. The van der Waals surface area contributed by atoms with Gasteiger partial charge in [-0.25, -0.2) is 0 Å². The van der Waals surface area contributed by atoms with Gasteiger partial charge in [-0.05, 0) is 58.6 Å². The first kappa shape index (κ1) is 15.8. The molecule has 0 amide bonds. The van der Waals surface area contributed by atoms with Gasteiger partial charge in [0.05, 0.1) is 17.3 Å². The van der Waals surface area contributed by atoms with Gasteiger partial charge in [-0.1, -0.05) is 13.8 Å². The van der Waals surface area contributed by atoms with E-state index in [1.807, 2.05) is 12.1 Å². The highest BCUT2D eigenvalue weighted by atomic mass is 16.7. The molecule has 1 aromatic heterocycles. The van der Waals surface area contributed by atoms with E-state index in [4.69, 9.17) is 19.0 Å². The largest absolute Gasteiger partial charge is 0.518 e. The SMILES string of the molecule is CC(C)c1ccc(OC2CC2)c(B2OC(C)(C)C(C)(C)O2)n1. The summed E-state index contributed by atoms with van der Waals surface area (Å²) in [6.07, 6.45) is 2.57. The van der Waals surface area contributed by atoms with Crippen molar-refractivity contribution < 1.29 is 14.0 Å². The van der Waals surface area contributed by atoms with E-state index in [0.717, 1.165) is 29.9 Å². The molecule has 0 radical (unpaired) electrons. The summed E-state index contributed by atoms with van der Waals surface area (Å²) in [5.41, 5.74) is 1.07. The third-order valence-corrected chi connectivity index (χ3v) is 4.79. The second kappa shape index (κ2) is 5.24. The summed E-state index contributed by atoms with van der Waals surface area (Å²) in [5, 5.41) is 0. The second-order valence-corrected chi connectivity index (χ2v) is 7.68. The molecule has 0 spiro atoms. The molecule has 2 fully saturated rings. The Labute approximate surface area is 133 Å². The second-order valence-electron chi connectivity index (χ2n) is 7.68. The van der Waals surface area contributed by atoms with Gasteiger partial charge in [0.2, 0.25) is 0 Å². The van der Waals surface area contributed by atoms with E-state index in [1.165, 1.54) is 0 Å². The average Bonchev–Trinajstić information content (AvgIpc) is 3.17. The van der Waals surface area contributed by atoms with Crippen LogP contribution in [0.3, 0.4) is 0 Å². The van der Waals surface area contributed by atoms with Crippen LogP contribution in [0.25, 0.3) is 0 Å². The minimum absolute atomic E-state index is 0.327. The molecular weight excluding hydrogens is 277 g/mol. The van der Waals surface area contributed by atoms with Gasteiger partial charge in [-0.3, -0.25) is 4.98 Å². The van der Waals surface area contributed by atoms with Crippen LogP contribution >= 0.6 is 0 Å². The van der Waals surface area contributed by atoms with Gasteiger partial charge >= 0.3 is 7.12 Å². The summed E-state index contributed by atoms with van der Waals surface area (Å²) in [6, 6.07) is 4.05. The Morgan fingerprint density at radius 3 is 2.23 bits per heavy atom. The van der Waals surface area contributed by atoms with Crippen molar-refractivity contribution in [3.63, 3.8) is 0 Å². The monoisotopic (exact) mass is 303 g/mol.